The minimum absolute atomic E-state index is 0.831. The van der Waals surface area contributed by atoms with Crippen LogP contribution in [-0.4, -0.2) is 11.1 Å². The van der Waals surface area contributed by atoms with Crippen LogP contribution < -0.4 is 0 Å². The Morgan fingerprint density at radius 3 is 2.60 bits per heavy atom. The number of aliphatic carboxylic acids is 1. The number of hydrogen-bond acceptors (Lipinski definition) is 1. The van der Waals surface area contributed by atoms with Crippen molar-refractivity contribution < 1.29 is 9.90 Å². The molecule has 86 valence electrons. The van der Waals surface area contributed by atoms with Crippen molar-refractivity contribution in [2.24, 2.45) is 5.92 Å². The average molecular weight is 210 g/mol. The lowest BCUT2D eigenvalue weighted by molar-refractivity contribution is -0.131. The molecule has 0 aliphatic heterocycles. The van der Waals surface area contributed by atoms with Gasteiger partial charge in [-0.25, -0.2) is 4.79 Å². The van der Waals surface area contributed by atoms with Crippen LogP contribution >= 0.6 is 0 Å². The molecule has 0 unspecified atom stereocenters. The van der Waals surface area contributed by atoms with Crippen LogP contribution in [0.15, 0.2) is 12.2 Å². The normalized spacial score (nSPS) is 18.4. The van der Waals surface area contributed by atoms with E-state index in [1.54, 1.807) is 6.08 Å². The van der Waals surface area contributed by atoms with E-state index in [1.807, 2.05) is 0 Å². The number of carboxylic acids is 1. The molecule has 1 saturated carbocycles. The maximum absolute atomic E-state index is 10.2. The quantitative estimate of drug-likeness (QED) is 0.535. The average Bonchev–Trinajstić information content (AvgIpc) is 2.24. The molecule has 2 heteroatoms. The van der Waals surface area contributed by atoms with Crippen molar-refractivity contribution in [3.63, 3.8) is 0 Å². The van der Waals surface area contributed by atoms with Crippen LogP contribution in [0.25, 0.3) is 0 Å². The Kier molecular flexibility index (Phi) is 6.14. The summed E-state index contributed by atoms with van der Waals surface area (Å²) >= 11 is 0. The molecule has 0 aromatic rings. The summed E-state index contributed by atoms with van der Waals surface area (Å²) in [5, 5.41) is 8.39. The van der Waals surface area contributed by atoms with Gasteiger partial charge in [-0.05, 0) is 18.8 Å². The monoisotopic (exact) mass is 210 g/mol. The van der Waals surface area contributed by atoms with Crippen LogP contribution in [-0.2, 0) is 4.79 Å². The Hall–Kier alpha value is -0.790. The highest BCUT2D eigenvalue weighted by atomic mass is 16.4. The van der Waals surface area contributed by atoms with Gasteiger partial charge in [-0.3, -0.25) is 0 Å². The lowest BCUT2D eigenvalue weighted by atomic mass is 9.85. The van der Waals surface area contributed by atoms with E-state index >= 15 is 0 Å². The van der Waals surface area contributed by atoms with Crippen LogP contribution in [0.4, 0.5) is 0 Å². The van der Waals surface area contributed by atoms with E-state index in [-0.39, 0.29) is 0 Å². The molecule has 0 saturated heterocycles. The molecular formula is C13H22O2. The molecule has 1 rings (SSSR count). The van der Waals surface area contributed by atoms with E-state index in [0.717, 1.165) is 18.8 Å². The van der Waals surface area contributed by atoms with E-state index in [4.69, 9.17) is 5.11 Å². The van der Waals surface area contributed by atoms with Gasteiger partial charge in [0.15, 0.2) is 0 Å². The fraction of sp³-hybridized carbons (Fsp3) is 0.769. The highest BCUT2D eigenvalue weighted by Gasteiger charge is 2.12. The van der Waals surface area contributed by atoms with Crippen molar-refractivity contribution in [1.82, 2.24) is 0 Å². The molecule has 1 aliphatic rings. The van der Waals surface area contributed by atoms with Crippen LogP contribution in [0, 0.1) is 5.92 Å². The van der Waals surface area contributed by atoms with E-state index in [9.17, 15) is 4.79 Å². The molecule has 0 spiro atoms. The third kappa shape index (κ3) is 6.32. The van der Waals surface area contributed by atoms with Gasteiger partial charge in [0.2, 0.25) is 0 Å². The summed E-state index contributed by atoms with van der Waals surface area (Å²) in [4.78, 5) is 10.2. The molecule has 0 radical (unpaired) electrons. The lowest BCUT2D eigenvalue weighted by Crippen LogP contribution is -2.05. The molecule has 1 aliphatic carbocycles. The summed E-state index contributed by atoms with van der Waals surface area (Å²) in [6, 6.07) is 0. The van der Waals surface area contributed by atoms with Gasteiger partial charge in [-0.1, -0.05) is 51.0 Å². The van der Waals surface area contributed by atoms with Crippen LogP contribution in [0.1, 0.15) is 57.8 Å². The molecule has 0 atom stereocenters. The topological polar surface area (TPSA) is 37.3 Å². The fourth-order valence-electron chi connectivity index (χ4n) is 2.36. The molecule has 1 fully saturated rings. The van der Waals surface area contributed by atoms with Crippen LogP contribution in [0.3, 0.4) is 0 Å². The minimum atomic E-state index is -0.831. The van der Waals surface area contributed by atoms with Crippen molar-refractivity contribution in [1.29, 1.82) is 0 Å². The summed E-state index contributed by atoms with van der Waals surface area (Å²) in [6.45, 7) is 0. The van der Waals surface area contributed by atoms with Gasteiger partial charge in [-0.15, -0.1) is 0 Å². The maximum atomic E-state index is 10.2. The first-order chi connectivity index (χ1) is 7.29. The van der Waals surface area contributed by atoms with E-state index in [1.165, 1.54) is 51.0 Å². The third-order valence-corrected chi connectivity index (χ3v) is 3.22. The predicted molar refractivity (Wildman–Crippen MR) is 61.8 cm³/mol. The van der Waals surface area contributed by atoms with Gasteiger partial charge in [0.05, 0.1) is 0 Å². The van der Waals surface area contributed by atoms with Crippen molar-refractivity contribution in [2.75, 3.05) is 0 Å². The van der Waals surface area contributed by atoms with Gasteiger partial charge in [-0.2, -0.15) is 0 Å². The van der Waals surface area contributed by atoms with Crippen molar-refractivity contribution in [3.8, 4) is 0 Å². The number of unbranched alkanes of at least 4 members (excludes halogenated alkanes) is 2. The number of rotatable bonds is 6. The summed E-state index contributed by atoms with van der Waals surface area (Å²) in [5.41, 5.74) is 0. The largest absolute Gasteiger partial charge is 0.478 e. The Balaban J connectivity index is 1.94. The van der Waals surface area contributed by atoms with Gasteiger partial charge in [0, 0.05) is 6.08 Å². The zero-order valence-corrected chi connectivity index (χ0v) is 9.45. The number of carboxylic acid groups (broad SMARTS) is 1. The smallest absolute Gasteiger partial charge is 0.327 e. The fourth-order valence-corrected chi connectivity index (χ4v) is 2.36. The Bertz CT molecular complexity index is 203. The highest BCUT2D eigenvalue weighted by Crippen LogP contribution is 2.27. The maximum Gasteiger partial charge on any atom is 0.327 e. The highest BCUT2D eigenvalue weighted by molar-refractivity contribution is 5.79. The summed E-state index contributed by atoms with van der Waals surface area (Å²) < 4.78 is 0. The van der Waals surface area contributed by atoms with E-state index in [2.05, 4.69) is 0 Å². The molecule has 15 heavy (non-hydrogen) atoms. The second kappa shape index (κ2) is 7.49. The van der Waals surface area contributed by atoms with Crippen molar-refractivity contribution in [3.05, 3.63) is 12.2 Å². The van der Waals surface area contributed by atoms with Crippen LogP contribution in [0.5, 0.6) is 0 Å². The molecular weight excluding hydrogens is 188 g/mol. The molecule has 1 N–H and O–H groups in total. The predicted octanol–water partition coefficient (Wildman–Crippen LogP) is 3.77. The standard InChI is InChI=1S/C13H22O2/c14-13(15)11-7-2-1-4-8-12-9-5-3-6-10-12/h7,11-12H,1-6,8-10H2,(H,14,15). The number of hydrogen-bond donors (Lipinski definition) is 1. The Labute approximate surface area is 92.4 Å². The summed E-state index contributed by atoms with van der Waals surface area (Å²) in [5.74, 6) is 0.129. The molecule has 2 nitrogen and oxygen atoms in total. The minimum Gasteiger partial charge on any atom is -0.478 e. The molecule has 0 aromatic carbocycles. The van der Waals surface area contributed by atoms with Gasteiger partial charge in [0.25, 0.3) is 0 Å². The van der Waals surface area contributed by atoms with E-state index < -0.39 is 5.97 Å². The van der Waals surface area contributed by atoms with Gasteiger partial charge >= 0.3 is 5.97 Å². The van der Waals surface area contributed by atoms with Gasteiger partial charge in [0.1, 0.15) is 0 Å². The zero-order valence-electron chi connectivity index (χ0n) is 9.45. The van der Waals surface area contributed by atoms with Crippen LogP contribution in [0.2, 0.25) is 0 Å². The SMILES string of the molecule is O=C(O)C=CCCCCC1CCCCC1. The Morgan fingerprint density at radius 1 is 1.20 bits per heavy atom. The lowest BCUT2D eigenvalue weighted by Gasteiger charge is -2.20. The molecule has 0 bridgehead atoms. The van der Waals surface area contributed by atoms with Crippen molar-refractivity contribution >= 4 is 5.97 Å². The number of allylic oxidation sites excluding steroid dienone is 1. The second-order valence-corrected chi connectivity index (χ2v) is 4.53. The summed E-state index contributed by atoms with van der Waals surface area (Å²) in [7, 11) is 0. The first-order valence-corrected chi connectivity index (χ1v) is 6.18. The van der Waals surface area contributed by atoms with E-state index in [0.29, 0.717) is 0 Å². The third-order valence-electron chi connectivity index (χ3n) is 3.22. The molecule has 0 aromatic heterocycles. The summed E-state index contributed by atoms with van der Waals surface area (Å²) in [6.07, 6.45) is 14.8. The molecule has 0 amide bonds. The first-order valence-electron chi connectivity index (χ1n) is 6.18. The zero-order chi connectivity index (χ0) is 10.9. The van der Waals surface area contributed by atoms with Crippen molar-refractivity contribution in [2.45, 2.75) is 57.8 Å². The number of carbonyl (C=O) groups is 1. The first kappa shape index (κ1) is 12.3. The molecule has 0 heterocycles. The van der Waals surface area contributed by atoms with Gasteiger partial charge < -0.3 is 5.11 Å². The second-order valence-electron chi connectivity index (χ2n) is 4.53. The Morgan fingerprint density at radius 2 is 1.93 bits per heavy atom.